The lowest BCUT2D eigenvalue weighted by atomic mass is 10.0. The summed E-state index contributed by atoms with van der Waals surface area (Å²) in [5, 5.41) is 0.762. The van der Waals surface area contributed by atoms with Gasteiger partial charge < -0.3 is 4.90 Å². The van der Waals surface area contributed by atoms with Crippen molar-refractivity contribution in [1.82, 2.24) is 9.80 Å². The lowest BCUT2D eigenvalue weighted by Gasteiger charge is -2.34. The van der Waals surface area contributed by atoms with Crippen molar-refractivity contribution in [1.29, 1.82) is 0 Å². The second-order valence-electron chi connectivity index (χ2n) is 5.70. The Hall–Kier alpha value is -1.06. The second-order valence-corrected chi connectivity index (χ2v) is 6.10. The highest BCUT2D eigenvalue weighted by Gasteiger charge is 2.23. The van der Waals surface area contributed by atoms with Gasteiger partial charge >= 0.3 is 0 Å². The summed E-state index contributed by atoms with van der Waals surface area (Å²) < 4.78 is 0. The molecule has 0 aliphatic carbocycles. The van der Waals surface area contributed by atoms with Crippen LogP contribution < -0.4 is 0 Å². The molecule has 0 N–H and O–H groups in total. The minimum Gasteiger partial charge on any atom is -0.339 e. The molecule has 1 heterocycles. The van der Waals surface area contributed by atoms with Crippen molar-refractivity contribution < 1.29 is 4.79 Å². The number of carbonyl (C=O) groups is 1. The zero-order chi connectivity index (χ0) is 14.5. The van der Waals surface area contributed by atoms with Gasteiger partial charge in [0.2, 0.25) is 5.91 Å². The molecule has 1 unspecified atom stereocenters. The number of hydrogen-bond donors (Lipinski definition) is 0. The highest BCUT2D eigenvalue weighted by atomic mass is 35.5. The number of amides is 1. The van der Waals surface area contributed by atoms with E-state index >= 15 is 0 Å². The minimum atomic E-state index is 0.228. The molecule has 0 radical (unpaired) electrons. The summed E-state index contributed by atoms with van der Waals surface area (Å²) in [6.45, 7) is 4.20. The number of hydrogen-bond acceptors (Lipinski definition) is 2. The van der Waals surface area contributed by atoms with Crippen LogP contribution in [0.3, 0.4) is 0 Å². The molecule has 0 saturated carbocycles. The van der Waals surface area contributed by atoms with E-state index in [-0.39, 0.29) is 5.91 Å². The Balaban J connectivity index is 1.89. The summed E-state index contributed by atoms with van der Waals surface area (Å²) in [4.78, 5) is 16.4. The van der Waals surface area contributed by atoms with Crippen LogP contribution in [-0.2, 0) is 11.3 Å². The van der Waals surface area contributed by atoms with Crippen molar-refractivity contribution in [2.75, 3.05) is 20.1 Å². The van der Waals surface area contributed by atoms with Gasteiger partial charge in [-0.05, 0) is 44.9 Å². The molecule has 1 aromatic rings. The van der Waals surface area contributed by atoms with Gasteiger partial charge in [0.05, 0.1) is 6.54 Å². The molecular weight excluding hydrogens is 272 g/mol. The van der Waals surface area contributed by atoms with Crippen LogP contribution in [0.2, 0.25) is 5.02 Å². The zero-order valence-electron chi connectivity index (χ0n) is 12.3. The fraction of sp³-hybridized carbons (Fsp3) is 0.562. The van der Waals surface area contributed by atoms with E-state index in [1.807, 2.05) is 41.1 Å². The van der Waals surface area contributed by atoms with Gasteiger partial charge in [-0.1, -0.05) is 29.8 Å². The van der Waals surface area contributed by atoms with Crippen molar-refractivity contribution in [2.24, 2.45) is 0 Å². The molecule has 1 aliphatic rings. The van der Waals surface area contributed by atoms with E-state index in [4.69, 9.17) is 11.6 Å². The highest BCUT2D eigenvalue weighted by Crippen LogP contribution is 2.18. The van der Waals surface area contributed by atoms with Crippen LogP contribution >= 0.6 is 11.6 Å². The number of halogens is 1. The molecule has 0 bridgehead atoms. The minimum absolute atomic E-state index is 0.228. The van der Waals surface area contributed by atoms with E-state index in [9.17, 15) is 4.79 Å². The molecule has 1 amide bonds. The van der Waals surface area contributed by atoms with Gasteiger partial charge in [-0.2, -0.15) is 0 Å². The van der Waals surface area contributed by atoms with E-state index in [1.165, 1.54) is 6.42 Å². The summed E-state index contributed by atoms with van der Waals surface area (Å²) >= 11 is 6.15. The van der Waals surface area contributed by atoms with E-state index < -0.39 is 0 Å². The maximum absolute atomic E-state index is 12.3. The van der Waals surface area contributed by atoms with Crippen LogP contribution in [0.4, 0.5) is 0 Å². The topological polar surface area (TPSA) is 23.6 Å². The number of piperidine rings is 1. The first kappa shape index (κ1) is 15.3. The third-order valence-electron chi connectivity index (χ3n) is 3.93. The average Bonchev–Trinajstić information content (AvgIpc) is 2.41. The number of benzene rings is 1. The molecule has 1 atom stereocenters. The van der Waals surface area contributed by atoms with E-state index in [1.54, 1.807) is 0 Å². The van der Waals surface area contributed by atoms with Crippen LogP contribution in [0.1, 0.15) is 31.7 Å². The third-order valence-corrected chi connectivity index (χ3v) is 4.30. The van der Waals surface area contributed by atoms with E-state index in [0.717, 1.165) is 30.0 Å². The Morgan fingerprint density at radius 1 is 1.40 bits per heavy atom. The van der Waals surface area contributed by atoms with Crippen LogP contribution in [0.5, 0.6) is 0 Å². The second kappa shape index (κ2) is 7.09. The van der Waals surface area contributed by atoms with Gasteiger partial charge in [0.15, 0.2) is 0 Å². The number of likely N-dealkylation sites (N-methyl/N-ethyl adjacent to an activating group) is 1. The lowest BCUT2D eigenvalue weighted by Crippen LogP contribution is -2.46. The first-order valence-corrected chi connectivity index (χ1v) is 7.67. The molecular formula is C16H23ClN2O. The molecule has 0 spiro atoms. The third kappa shape index (κ3) is 3.97. The number of likely N-dealkylation sites (tertiary alicyclic amines) is 1. The summed E-state index contributed by atoms with van der Waals surface area (Å²) in [5.74, 6) is 0.228. The van der Waals surface area contributed by atoms with Gasteiger partial charge in [-0.15, -0.1) is 0 Å². The molecule has 20 heavy (non-hydrogen) atoms. The van der Waals surface area contributed by atoms with Crippen molar-refractivity contribution >= 4 is 17.5 Å². The van der Waals surface area contributed by atoms with Crippen LogP contribution in [-0.4, -0.2) is 41.9 Å². The van der Waals surface area contributed by atoms with Crippen LogP contribution in [0.15, 0.2) is 24.3 Å². The van der Waals surface area contributed by atoms with Gasteiger partial charge in [-0.3, -0.25) is 9.69 Å². The molecule has 1 aromatic carbocycles. The Bertz CT molecular complexity index is 464. The predicted molar refractivity (Wildman–Crippen MR) is 82.8 cm³/mol. The first-order valence-electron chi connectivity index (χ1n) is 7.29. The largest absolute Gasteiger partial charge is 0.339 e. The molecule has 1 saturated heterocycles. The fourth-order valence-corrected chi connectivity index (χ4v) is 2.96. The Morgan fingerprint density at radius 3 is 2.85 bits per heavy atom. The van der Waals surface area contributed by atoms with Gasteiger partial charge in [0, 0.05) is 24.2 Å². The van der Waals surface area contributed by atoms with Crippen molar-refractivity contribution in [2.45, 2.75) is 38.8 Å². The smallest absolute Gasteiger partial charge is 0.236 e. The molecule has 3 nitrogen and oxygen atoms in total. The number of nitrogens with zero attached hydrogens (tertiary/aromatic N) is 2. The first-order chi connectivity index (χ1) is 9.58. The molecule has 2 rings (SSSR count). The zero-order valence-corrected chi connectivity index (χ0v) is 13.1. The standard InChI is InChI=1S/C16H23ClN2O/c1-13-7-5-6-10-19(13)16(20)12-18(2)11-14-8-3-4-9-15(14)17/h3-4,8-9,13H,5-7,10-12H2,1-2H3. The molecule has 4 heteroatoms. The lowest BCUT2D eigenvalue weighted by molar-refractivity contribution is -0.135. The summed E-state index contributed by atoms with van der Waals surface area (Å²) in [6, 6.07) is 8.17. The summed E-state index contributed by atoms with van der Waals surface area (Å²) in [7, 11) is 1.97. The van der Waals surface area contributed by atoms with Gasteiger partial charge in [0.25, 0.3) is 0 Å². The quantitative estimate of drug-likeness (QED) is 0.851. The predicted octanol–water partition coefficient (Wildman–Crippen LogP) is 3.17. The van der Waals surface area contributed by atoms with Crippen LogP contribution in [0, 0.1) is 0 Å². The molecule has 1 aliphatic heterocycles. The van der Waals surface area contributed by atoms with Gasteiger partial charge in [-0.25, -0.2) is 0 Å². The molecule has 1 fully saturated rings. The normalized spacial score (nSPS) is 19.4. The number of rotatable bonds is 4. The Labute approximate surface area is 126 Å². The molecule has 110 valence electrons. The van der Waals surface area contributed by atoms with Gasteiger partial charge in [0.1, 0.15) is 0 Å². The fourth-order valence-electron chi connectivity index (χ4n) is 2.76. The molecule has 0 aromatic heterocycles. The Morgan fingerprint density at radius 2 is 2.15 bits per heavy atom. The monoisotopic (exact) mass is 294 g/mol. The Kier molecular flexibility index (Phi) is 5.44. The van der Waals surface area contributed by atoms with E-state index in [2.05, 4.69) is 6.92 Å². The average molecular weight is 295 g/mol. The van der Waals surface area contributed by atoms with Crippen molar-refractivity contribution in [3.63, 3.8) is 0 Å². The number of carbonyl (C=O) groups excluding carboxylic acids is 1. The maximum atomic E-state index is 12.3. The maximum Gasteiger partial charge on any atom is 0.236 e. The summed E-state index contributed by atoms with van der Waals surface area (Å²) in [5.41, 5.74) is 1.07. The summed E-state index contributed by atoms with van der Waals surface area (Å²) in [6.07, 6.45) is 3.49. The van der Waals surface area contributed by atoms with Crippen LogP contribution in [0.25, 0.3) is 0 Å². The SMILES string of the molecule is CC1CCCCN1C(=O)CN(C)Cc1ccccc1Cl. The highest BCUT2D eigenvalue weighted by molar-refractivity contribution is 6.31. The van der Waals surface area contributed by atoms with E-state index in [0.29, 0.717) is 19.1 Å². The van der Waals surface area contributed by atoms with Crippen molar-refractivity contribution in [3.05, 3.63) is 34.9 Å². The van der Waals surface area contributed by atoms with Crippen molar-refractivity contribution in [3.8, 4) is 0 Å².